The van der Waals surface area contributed by atoms with Crippen molar-refractivity contribution in [2.24, 2.45) is 0 Å². The third-order valence-corrected chi connectivity index (χ3v) is 7.13. The molecule has 0 aliphatic heterocycles. The summed E-state index contributed by atoms with van der Waals surface area (Å²) >= 11 is 0. The van der Waals surface area contributed by atoms with E-state index in [0.29, 0.717) is 5.71 Å². The Balaban J connectivity index is 1.67. The first-order chi connectivity index (χ1) is 17.7. The molecule has 6 rings (SSSR count). The van der Waals surface area contributed by atoms with E-state index in [-0.39, 0.29) is 0 Å². The molecule has 6 aromatic carbocycles. The molecule has 1 heteroatoms. The van der Waals surface area contributed by atoms with Crippen molar-refractivity contribution in [3.05, 3.63) is 127 Å². The van der Waals surface area contributed by atoms with Crippen LogP contribution in [0.3, 0.4) is 0 Å². The molecule has 0 radical (unpaired) electrons. The van der Waals surface area contributed by atoms with Crippen LogP contribution in [0.4, 0.5) is 0 Å². The van der Waals surface area contributed by atoms with E-state index in [4.69, 9.17) is 5.41 Å². The number of hydrogen-bond acceptors (Lipinski definition) is 1. The molecule has 36 heavy (non-hydrogen) atoms. The van der Waals surface area contributed by atoms with Gasteiger partial charge in [-0.2, -0.15) is 0 Å². The lowest BCUT2D eigenvalue weighted by atomic mass is 9.85. The molecule has 0 aromatic heterocycles. The molecule has 1 nitrogen and oxygen atoms in total. The minimum Gasteiger partial charge on any atom is -0.305 e. The van der Waals surface area contributed by atoms with E-state index in [1.165, 1.54) is 54.6 Å². The molecule has 0 saturated carbocycles. The summed E-state index contributed by atoms with van der Waals surface area (Å²) in [5.74, 6) is 0. The molecule has 6 aromatic rings. The van der Waals surface area contributed by atoms with Crippen molar-refractivity contribution in [2.45, 2.75) is 13.8 Å². The third-order valence-electron chi connectivity index (χ3n) is 7.13. The Morgan fingerprint density at radius 3 is 1.64 bits per heavy atom. The molecule has 0 aliphatic carbocycles. The number of rotatable bonds is 4. The lowest BCUT2D eigenvalue weighted by Crippen LogP contribution is -1.94. The van der Waals surface area contributed by atoms with Gasteiger partial charge in [0.15, 0.2) is 0 Å². The highest BCUT2D eigenvalue weighted by Crippen LogP contribution is 2.44. The van der Waals surface area contributed by atoms with Crippen molar-refractivity contribution in [3.8, 4) is 22.3 Å². The fourth-order valence-electron chi connectivity index (χ4n) is 5.52. The smallest absolute Gasteiger partial charge is 0.0357 e. The summed E-state index contributed by atoms with van der Waals surface area (Å²) in [6, 6.07) is 41.5. The number of nitrogens with one attached hydrogen (secondary N) is 1. The SMILES string of the molecule is C/C=C(\C(C)=N)c1ccc2ccc(-c3c4ccccc4c(-c4ccccc4)c4ccccc34)cc2c1. The second-order valence-corrected chi connectivity index (χ2v) is 9.31. The van der Waals surface area contributed by atoms with E-state index in [0.717, 1.165) is 11.1 Å². The lowest BCUT2D eigenvalue weighted by Gasteiger charge is -2.18. The maximum Gasteiger partial charge on any atom is 0.0357 e. The third kappa shape index (κ3) is 3.61. The van der Waals surface area contributed by atoms with Gasteiger partial charge < -0.3 is 5.41 Å². The average molecular weight is 462 g/mol. The monoisotopic (exact) mass is 461 g/mol. The Kier molecular flexibility index (Phi) is 5.47. The second-order valence-electron chi connectivity index (χ2n) is 9.31. The summed E-state index contributed by atoms with van der Waals surface area (Å²) in [4.78, 5) is 0. The van der Waals surface area contributed by atoms with Crippen LogP contribution in [0.25, 0.3) is 60.1 Å². The summed E-state index contributed by atoms with van der Waals surface area (Å²) in [5.41, 5.74) is 7.65. The van der Waals surface area contributed by atoms with Crippen LogP contribution in [0.5, 0.6) is 0 Å². The van der Waals surface area contributed by atoms with Crippen molar-refractivity contribution >= 4 is 43.6 Å². The summed E-state index contributed by atoms with van der Waals surface area (Å²) in [5, 5.41) is 15.6. The Bertz CT molecular complexity index is 1750. The highest BCUT2D eigenvalue weighted by molar-refractivity contribution is 6.23. The molecular formula is C35H27N. The molecule has 0 spiro atoms. The zero-order valence-electron chi connectivity index (χ0n) is 20.5. The van der Waals surface area contributed by atoms with E-state index in [2.05, 4.69) is 115 Å². The zero-order valence-corrected chi connectivity index (χ0v) is 20.5. The van der Waals surface area contributed by atoms with Crippen molar-refractivity contribution < 1.29 is 0 Å². The van der Waals surface area contributed by atoms with Gasteiger partial charge in [-0.3, -0.25) is 0 Å². The summed E-state index contributed by atoms with van der Waals surface area (Å²) in [6.45, 7) is 3.85. The van der Waals surface area contributed by atoms with Gasteiger partial charge >= 0.3 is 0 Å². The number of fused-ring (bicyclic) bond motifs is 3. The van der Waals surface area contributed by atoms with Crippen molar-refractivity contribution in [2.75, 3.05) is 0 Å². The fourth-order valence-corrected chi connectivity index (χ4v) is 5.52. The molecule has 0 bridgehead atoms. The van der Waals surface area contributed by atoms with Crippen LogP contribution in [-0.4, -0.2) is 5.71 Å². The minimum absolute atomic E-state index is 0.585. The van der Waals surface area contributed by atoms with Crippen LogP contribution >= 0.6 is 0 Å². The Hall–Kier alpha value is -4.49. The normalized spacial score (nSPS) is 11.9. The number of allylic oxidation sites excluding steroid dienone is 2. The predicted octanol–water partition coefficient (Wildman–Crippen LogP) is 9.92. The van der Waals surface area contributed by atoms with Gasteiger partial charge in [0.25, 0.3) is 0 Å². The van der Waals surface area contributed by atoms with Gasteiger partial charge in [0.2, 0.25) is 0 Å². The highest BCUT2D eigenvalue weighted by Gasteiger charge is 2.16. The molecule has 0 atom stereocenters. The molecule has 0 fully saturated rings. The number of benzene rings is 6. The average Bonchev–Trinajstić information content (AvgIpc) is 2.92. The molecule has 0 unspecified atom stereocenters. The predicted molar refractivity (Wildman–Crippen MR) is 157 cm³/mol. The number of hydrogen-bond donors (Lipinski definition) is 1. The first-order valence-corrected chi connectivity index (χ1v) is 12.4. The van der Waals surface area contributed by atoms with Crippen LogP contribution < -0.4 is 0 Å². The molecule has 0 saturated heterocycles. The fraction of sp³-hybridized carbons (Fsp3) is 0.0571. The lowest BCUT2D eigenvalue weighted by molar-refractivity contribution is 1.49. The van der Waals surface area contributed by atoms with Crippen LogP contribution in [0.2, 0.25) is 0 Å². The van der Waals surface area contributed by atoms with E-state index < -0.39 is 0 Å². The summed E-state index contributed by atoms with van der Waals surface area (Å²) in [7, 11) is 0. The largest absolute Gasteiger partial charge is 0.305 e. The summed E-state index contributed by atoms with van der Waals surface area (Å²) in [6.07, 6.45) is 2.02. The van der Waals surface area contributed by atoms with Gasteiger partial charge in [-0.15, -0.1) is 0 Å². The quantitative estimate of drug-likeness (QED) is 0.199. The summed E-state index contributed by atoms with van der Waals surface area (Å²) < 4.78 is 0. The standard InChI is InChI=1S/C35H27N/c1-3-29(23(2)36)26-19-17-24-18-20-27(22-28(24)21-26)35-32-15-9-7-13-30(32)34(25-11-5-4-6-12-25)31-14-8-10-16-33(31)35/h3-22,36H,1-2H3/b29-3+,36-23?. The van der Waals surface area contributed by atoms with Gasteiger partial charge in [-0.05, 0) is 91.7 Å². The second kappa shape index (κ2) is 8.94. The molecular weight excluding hydrogens is 434 g/mol. The molecule has 1 N–H and O–H groups in total. The van der Waals surface area contributed by atoms with Crippen molar-refractivity contribution in [1.82, 2.24) is 0 Å². The highest BCUT2D eigenvalue weighted by atomic mass is 14.4. The van der Waals surface area contributed by atoms with Crippen molar-refractivity contribution in [1.29, 1.82) is 5.41 Å². The van der Waals surface area contributed by atoms with Gasteiger partial charge in [-0.1, -0.05) is 109 Å². The van der Waals surface area contributed by atoms with Gasteiger partial charge in [0.1, 0.15) is 0 Å². The van der Waals surface area contributed by atoms with E-state index in [1.54, 1.807) is 0 Å². The van der Waals surface area contributed by atoms with Crippen LogP contribution in [-0.2, 0) is 0 Å². The minimum atomic E-state index is 0.585. The van der Waals surface area contributed by atoms with Crippen LogP contribution in [0, 0.1) is 5.41 Å². The van der Waals surface area contributed by atoms with E-state index >= 15 is 0 Å². The zero-order chi connectivity index (χ0) is 24.6. The van der Waals surface area contributed by atoms with Gasteiger partial charge in [0, 0.05) is 5.71 Å². The van der Waals surface area contributed by atoms with Crippen molar-refractivity contribution in [3.63, 3.8) is 0 Å². The molecule has 0 aliphatic rings. The maximum atomic E-state index is 8.18. The maximum absolute atomic E-state index is 8.18. The first-order valence-electron chi connectivity index (χ1n) is 12.4. The molecule has 0 amide bonds. The van der Waals surface area contributed by atoms with E-state index in [1.807, 2.05) is 19.9 Å². The Morgan fingerprint density at radius 2 is 1.08 bits per heavy atom. The molecule has 172 valence electrons. The van der Waals surface area contributed by atoms with Crippen LogP contribution in [0.1, 0.15) is 19.4 Å². The van der Waals surface area contributed by atoms with Crippen LogP contribution in [0.15, 0.2) is 121 Å². The Morgan fingerprint density at radius 1 is 0.556 bits per heavy atom. The topological polar surface area (TPSA) is 23.9 Å². The van der Waals surface area contributed by atoms with Gasteiger partial charge in [-0.25, -0.2) is 0 Å². The van der Waals surface area contributed by atoms with Gasteiger partial charge in [0.05, 0.1) is 0 Å². The first kappa shape index (κ1) is 22.0. The Labute approximate surface area is 211 Å². The molecule has 0 heterocycles. The van der Waals surface area contributed by atoms with E-state index in [9.17, 15) is 0 Å².